The van der Waals surface area contributed by atoms with Crippen molar-refractivity contribution >= 4 is 5.78 Å². The highest BCUT2D eigenvalue weighted by Crippen LogP contribution is 2.17. The van der Waals surface area contributed by atoms with Gasteiger partial charge in [0.2, 0.25) is 0 Å². The summed E-state index contributed by atoms with van der Waals surface area (Å²) >= 11 is 0. The number of carbonyl (C=O) groups excluding carboxylic acids is 1. The molecule has 1 heterocycles. The number of carbonyl (C=O) groups is 1. The molecule has 0 spiro atoms. The summed E-state index contributed by atoms with van der Waals surface area (Å²) < 4.78 is 13.4. The number of hydrogen-bond acceptors (Lipinski definition) is 3. The topological polar surface area (TPSA) is 40.5 Å². The van der Waals surface area contributed by atoms with Crippen LogP contribution in [0.2, 0.25) is 0 Å². The van der Waals surface area contributed by atoms with Crippen LogP contribution in [0.15, 0.2) is 18.2 Å². The molecule has 1 aromatic carbocycles. The summed E-state index contributed by atoms with van der Waals surface area (Å²) in [6.07, 6.45) is 0.924. The Labute approximate surface area is 119 Å². The standard InChI is InChI=1S/C16H22FNO2/c1-11-3-4-13(9-14(11)17)16(20)6-8-18-7-5-15(19)12(2)10-18/h3-4,9,12,15,19H,5-8,10H2,1-2H3. The van der Waals surface area contributed by atoms with Gasteiger partial charge in [-0.05, 0) is 30.9 Å². The van der Waals surface area contributed by atoms with Crippen LogP contribution in [0.25, 0.3) is 0 Å². The van der Waals surface area contributed by atoms with Crippen molar-refractivity contribution in [3.63, 3.8) is 0 Å². The molecule has 1 N–H and O–H groups in total. The van der Waals surface area contributed by atoms with Gasteiger partial charge < -0.3 is 10.0 Å². The van der Waals surface area contributed by atoms with Crippen molar-refractivity contribution in [2.24, 2.45) is 5.92 Å². The molecule has 1 saturated heterocycles. The third kappa shape index (κ3) is 3.64. The SMILES string of the molecule is Cc1ccc(C(=O)CCN2CCC(O)C(C)C2)cc1F. The minimum absolute atomic E-state index is 0.0253. The number of aliphatic hydroxyl groups excluding tert-OH is 1. The van der Waals surface area contributed by atoms with E-state index in [1.807, 2.05) is 6.92 Å². The maximum Gasteiger partial charge on any atom is 0.164 e. The quantitative estimate of drug-likeness (QED) is 0.860. The first-order valence-corrected chi connectivity index (χ1v) is 7.17. The number of aliphatic hydroxyl groups is 1. The minimum atomic E-state index is -0.328. The predicted molar refractivity (Wildman–Crippen MR) is 76.3 cm³/mol. The molecular formula is C16H22FNO2. The van der Waals surface area contributed by atoms with E-state index in [4.69, 9.17) is 0 Å². The molecule has 1 aliphatic heterocycles. The van der Waals surface area contributed by atoms with Gasteiger partial charge >= 0.3 is 0 Å². The van der Waals surface area contributed by atoms with Gasteiger partial charge in [0, 0.05) is 31.6 Å². The van der Waals surface area contributed by atoms with E-state index in [9.17, 15) is 14.3 Å². The lowest BCUT2D eigenvalue weighted by Crippen LogP contribution is -2.42. The maximum atomic E-state index is 13.4. The summed E-state index contributed by atoms with van der Waals surface area (Å²) in [4.78, 5) is 14.2. The van der Waals surface area contributed by atoms with Gasteiger partial charge in [0.05, 0.1) is 6.10 Å². The molecule has 4 heteroatoms. The molecule has 1 aliphatic rings. The third-order valence-corrected chi connectivity index (χ3v) is 4.09. The monoisotopic (exact) mass is 279 g/mol. The van der Waals surface area contributed by atoms with Crippen LogP contribution >= 0.6 is 0 Å². The van der Waals surface area contributed by atoms with Gasteiger partial charge in [-0.15, -0.1) is 0 Å². The van der Waals surface area contributed by atoms with Crippen LogP contribution in [0.1, 0.15) is 35.7 Å². The van der Waals surface area contributed by atoms with E-state index in [0.717, 1.165) is 19.5 Å². The Bertz CT molecular complexity index is 489. The van der Waals surface area contributed by atoms with E-state index in [2.05, 4.69) is 4.90 Å². The van der Waals surface area contributed by atoms with Gasteiger partial charge in [0.25, 0.3) is 0 Å². The van der Waals surface area contributed by atoms with Crippen molar-refractivity contribution in [2.45, 2.75) is 32.8 Å². The number of hydrogen-bond donors (Lipinski definition) is 1. The van der Waals surface area contributed by atoms with Crippen molar-refractivity contribution in [3.05, 3.63) is 35.1 Å². The average molecular weight is 279 g/mol. The molecule has 0 aromatic heterocycles. The molecule has 2 rings (SSSR count). The van der Waals surface area contributed by atoms with Crippen molar-refractivity contribution in [1.29, 1.82) is 0 Å². The van der Waals surface area contributed by atoms with Crippen LogP contribution in [-0.4, -0.2) is 41.5 Å². The zero-order valence-corrected chi connectivity index (χ0v) is 12.1. The third-order valence-electron chi connectivity index (χ3n) is 4.09. The minimum Gasteiger partial charge on any atom is -0.393 e. The number of likely N-dealkylation sites (tertiary alicyclic amines) is 1. The summed E-state index contributed by atoms with van der Waals surface area (Å²) in [6.45, 7) is 6.02. The second kappa shape index (κ2) is 6.46. The molecule has 2 atom stereocenters. The summed E-state index contributed by atoms with van der Waals surface area (Å²) in [6, 6.07) is 4.64. The lowest BCUT2D eigenvalue weighted by molar-refractivity contribution is 0.0346. The maximum absolute atomic E-state index is 13.4. The summed E-state index contributed by atoms with van der Waals surface area (Å²) in [5.41, 5.74) is 0.999. The van der Waals surface area contributed by atoms with E-state index in [0.29, 0.717) is 24.1 Å². The normalized spacial score (nSPS) is 23.8. The molecular weight excluding hydrogens is 257 g/mol. The number of halogens is 1. The number of benzene rings is 1. The first-order chi connectivity index (χ1) is 9.47. The van der Waals surface area contributed by atoms with Gasteiger partial charge in [0.1, 0.15) is 5.82 Å². The van der Waals surface area contributed by atoms with E-state index in [1.54, 1.807) is 19.1 Å². The number of ketones is 1. The Morgan fingerprint density at radius 3 is 2.90 bits per heavy atom. The van der Waals surface area contributed by atoms with Crippen molar-refractivity contribution in [1.82, 2.24) is 4.90 Å². The summed E-state index contributed by atoms with van der Waals surface area (Å²) in [7, 11) is 0. The Balaban J connectivity index is 1.87. The molecule has 110 valence electrons. The summed E-state index contributed by atoms with van der Waals surface area (Å²) in [5, 5.41) is 9.67. The Hall–Kier alpha value is -1.26. The molecule has 0 radical (unpaired) electrons. The Morgan fingerprint density at radius 2 is 2.25 bits per heavy atom. The fourth-order valence-electron chi connectivity index (χ4n) is 2.59. The van der Waals surface area contributed by atoms with E-state index >= 15 is 0 Å². The van der Waals surface area contributed by atoms with E-state index in [-0.39, 0.29) is 23.6 Å². The van der Waals surface area contributed by atoms with Gasteiger partial charge in [-0.1, -0.05) is 19.1 Å². The lowest BCUT2D eigenvalue weighted by atomic mass is 9.96. The van der Waals surface area contributed by atoms with Gasteiger partial charge in [-0.2, -0.15) is 0 Å². The molecule has 0 saturated carbocycles. The van der Waals surface area contributed by atoms with E-state index < -0.39 is 0 Å². The van der Waals surface area contributed by atoms with Gasteiger partial charge in [-0.25, -0.2) is 4.39 Å². The van der Waals surface area contributed by atoms with Crippen LogP contribution in [0.5, 0.6) is 0 Å². The molecule has 3 nitrogen and oxygen atoms in total. The van der Waals surface area contributed by atoms with Crippen LogP contribution < -0.4 is 0 Å². The lowest BCUT2D eigenvalue weighted by Gasteiger charge is -2.34. The second-order valence-electron chi connectivity index (χ2n) is 5.77. The molecule has 0 bridgehead atoms. The van der Waals surface area contributed by atoms with Crippen LogP contribution in [0.4, 0.5) is 4.39 Å². The smallest absolute Gasteiger partial charge is 0.164 e. The highest BCUT2D eigenvalue weighted by molar-refractivity contribution is 5.96. The van der Waals surface area contributed by atoms with Crippen LogP contribution in [0, 0.1) is 18.7 Å². The molecule has 20 heavy (non-hydrogen) atoms. The zero-order valence-electron chi connectivity index (χ0n) is 12.1. The molecule has 1 aromatic rings. The van der Waals surface area contributed by atoms with E-state index in [1.165, 1.54) is 6.07 Å². The number of Topliss-reactive ketones (excluding diaryl/α,β-unsaturated/α-hetero) is 1. The number of nitrogens with zero attached hydrogens (tertiary/aromatic N) is 1. The van der Waals surface area contributed by atoms with Crippen molar-refractivity contribution in [2.75, 3.05) is 19.6 Å². The van der Waals surface area contributed by atoms with Crippen LogP contribution in [0.3, 0.4) is 0 Å². The Morgan fingerprint density at radius 1 is 1.50 bits per heavy atom. The zero-order chi connectivity index (χ0) is 14.7. The molecule has 1 fully saturated rings. The average Bonchev–Trinajstić information content (AvgIpc) is 2.43. The predicted octanol–water partition coefficient (Wildman–Crippen LogP) is 2.41. The number of aryl methyl sites for hydroxylation is 1. The fraction of sp³-hybridized carbons (Fsp3) is 0.562. The van der Waals surface area contributed by atoms with Crippen molar-refractivity contribution in [3.8, 4) is 0 Å². The molecule has 0 amide bonds. The van der Waals surface area contributed by atoms with Crippen molar-refractivity contribution < 1.29 is 14.3 Å². The highest BCUT2D eigenvalue weighted by atomic mass is 19.1. The molecule has 2 unspecified atom stereocenters. The summed E-state index contributed by atoms with van der Waals surface area (Å²) in [5.74, 6) is -0.107. The first-order valence-electron chi connectivity index (χ1n) is 7.17. The van der Waals surface area contributed by atoms with Crippen LogP contribution in [-0.2, 0) is 0 Å². The molecule has 0 aliphatic carbocycles. The van der Waals surface area contributed by atoms with Gasteiger partial charge in [-0.3, -0.25) is 4.79 Å². The van der Waals surface area contributed by atoms with Gasteiger partial charge in [0.15, 0.2) is 5.78 Å². The fourth-order valence-corrected chi connectivity index (χ4v) is 2.59. The largest absolute Gasteiger partial charge is 0.393 e. The second-order valence-corrected chi connectivity index (χ2v) is 5.77. The number of rotatable bonds is 4. The Kier molecular flexibility index (Phi) is 4.89. The number of piperidine rings is 1. The highest BCUT2D eigenvalue weighted by Gasteiger charge is 2.24. The first kappa shape index (κ1) is 15.1.